The van der Waals surface area contributed by atoms with Crippen molar-refractivity contribution in [1.82, 2.24) is 0 Å². The van der Waals surface area contributed by atoms with Crippen LogP contribution in [-0.4, -0.2) is 13.1 Å². The molecule has 4 heteroatoms. The quantitative estimate of drug-likeness (QED) is 0.589. The minimum absolute atomic E-state index is 0.0499. The molecule has 15 heavy (non-hydrogen) atoms. The average molecular weight is 231 g/mol. The van der Waals surface area contributed by atoms with Crippen molar-refractivity contribution in [1.29, 1.82) is 0 Å². The van der Waals surface area contributed by atoms with E-state index < -0.39 is 11.8 Å². The van der Waals surface area contributed by atoms with Crippen LogP contribution in [0.2, 0.25) is 0 Å². The van der Waals surface area contributed by atoms with Gasteiger partial charge in [0.2, 0.25) is 0 Å². The van der Waals surface area contributed by atoms with Crippen LogP contribution in [0.25, 0.3) is 0 Å². The Bertz CT molecular complexity index is 377. The predicted octanol–water partition coefficient (Wildman–Crippen LogP) is 2.59. The summed E-state index contributed by atoms with van der Waals surface area (Å²) >= 11 is 5.63. The minimum atomic E-state index is -0.452. The molecule has 0 N–H and O–H groups in total. The molecule has 0 fully saturated rings. The van der Waals surface area contributed by atoms with Gasteiger partial charge in [0.15, 0.2) is 0 Å². The van der Waals surface area contributed by atoms with E-state index in [9.17, 15) is 9.18 Å². The van der Waals surface area contributed by atoms with Gasteiger partial charge in [0.25, 0.3) is 0 Å². The molecule has 2 nitrogen and oxygen atoms in total. The number of rotatable bonds is 3. The topological polar surface area (TPSA) is 26.3 Å². The first-order chi connectivity index (χ1) is 7.08. The molecule has 1 rings (SSSR count). The molecule has 0 amide bonds. The molecule has 0 aliphatic carbocycles. The van der Waals surface area contributed by atoms with Crippen LogP contribution in [-0.2, 0) is 21.8 Å². The summed E-state index contributed by atoms with van der Waals surface area (Å²) in [6.07, 6.45) is -0.0499. The van der Waals surface area contributed by atoms with E-state index in [-0.39, 0.29) is 12.3 Å². The molecule has 0 saturated carbocycles. The van der Waals surface area contributed by atoms with Gasteiger partial charge in [-0.3, -0.25) is 4.79 Å². The van der Waals surface area contributed by atoms with Crippen molar-refractivity contribution in [2.45, 2.75) is 19.2 Å². The van der Waals surface area contributed by atoms with Crippen LogP contribution in [0.1, 0.15) is 16.7 Å². The summed E-state index contributed by atoms with van der Waals surface area (Å²) in [5.41, 5.74) is 1.96. The lowest BCUT2D eigenvalue weighted by atomic mass is 10.0. The molecule has 0 unspecified atom stereocenters. The van der Waals surface area contributed by atoms with Crippen molar-refractivity contribution in [3.8, 4) is 0 Å². The number of esters is 1. The van der Waals surface area contributed by atoms with Crippen LogP contribution in [0.4, 0.5) is 4.39 Å². The van der Waals surface area contributed by atoms with E-state index in [2.05, 4.69) is 4.74 Å². The summed E-state index contributed by atoms with van der Waals surface area (Å²) < 4.78 is 17.9. The zero-order valence-corrected chi connectivity index (χ0v) is 9.40. The average Bonchev–Trinajstić information content (AvgIpc) is 2.22. The van der Waals surface area contributed by atoms with Crippen molar-refractivity contribution < 1.29 is 13.9 Å². The highest BCUT2D eigenvalue weighted by Gasteiger charge is 2.10. The van der Waals surface area contributed by atoms with E-state index in [0.717, 1.165) is 11.1 Å². The van der Waals surface area contributed by atoms with Crippen LogP contribution in [0.15, 0.2) is 12.1 Å². The highest BCUT2D eigenvalue weighted by atomic mass is 35.5. The van der Waals surface area contributed by atoms with Gasteiger partial charge in [-0.2, -0.15) is 0 Å². The summed E-state index contributed by atoms with van der Waals surface area (Å²) in [5.74, 6) is -0.602. The number of alkyl halides is 1. The molecule has 0 saturated heterocycles. The summed E-state index contributed by atoms with van der Waals surface area (Å²) in [4.78, 5) is 11.0. The molecule has 0 atom stereocenters. The Morgan fingerprint density at radius 1 is 1.47 bits per heavy atom. The zero-order chi connectivity index (χ0) is 11.4. The van der Waals surface area contributed by atoms with Gasteiger partial charge < -0.3 is 4.74 Å². The van der Waals surface area contributed by atoms with Crippen molar-refractivity contribution in [2.75, 3.05) is 7.11 Å². The van der Waals surface area contributed by atoms with Gasteiger partial charge in [-0.15, -0.1) is 11.6 Å². The lowest BCUT2D eigenvalue weighted by molar-refractivity contribution is -0.139. The number of benzene rings is 1. The lowest BCUT2D eigenvalue weighted by Crippen LogP contribution is -2.07. The molecule has 0 heterocycles. The third-order valence-electron chi connectivity index (χ3n) is 2.21. The molecule has 0 spiro atoms. The van der Waals surface area contributed by atoms with Crippen LogP contribution in [0.3, 0.4) is 0 Å². The Kier molecular flexibility index (Phi) is 4.09. The van der Waals surface area contributed by atoms with Crippen molar-refractivity contribution in [2.24, 2.45) is 0 Å². The van der Waals surface area contributed by atoms with Crippen LogP contribution in [0, 0.1) is 12.7 Å². The maximum atomic E-state index is 13.4. The van der Waals surface area contributed by atoms with Gasteiger partial charge >= 0.3 is 5.97 Å². The van der Waals surface area contributed by atoms with Crippen molar-refractivity contribution in [3.05, 3.63) is 34.6 Å². The molecule has 0 bridgehead atoms. The number of carbonyl (C=O) groups excluding carboxylic acids is 1. The van der Waals surface area contributed by atoms with E-state index in [0.29, 0.717) is 5.56 Å². The Morgan fingerprint density at radius 2 is 2.13 bits per heavy atom. The fraction of sp³-hybridized carbons (Fsp3) is 0.364. The third kappa shape index (κ3) is 2.93. The van der Waals surface area contributed by atoms with Crippen molar-refractivity contribution in [3.63, 3.8) is 0 Å². The Hall–Kier alpha value is -1.09. The molecule has 0 aliphatic heterocycles. The molecular weight excluding hydrogens is 219 g/mol. The fourth-order valence-corrected chi connectivity index (χ4v) is 1.58. The molecule has 1 aromatic rings. The Balaban J connectivity index is 3.00. The van der Waals surface area contributed by atoms with E-state index in [1.807, 2.05) is 6.92 Å². The molecule has 0 aromatic heterocycles. The second kappa shape index (κ2) is 5.12. The Labute approximate surface area is 93.0 Å². The largest absolute Gasteiger partial charge is 0.469 e. The monoisotopic (exact) mass is 230 g/mol. The second-order valence-electron chi connectivity index (χ2n) is 3.26. The molecule has 1 aromatic carbocycles. The van der Waals surface area contributed by atoms with E-state index in [1.54, 1.807) is 6.07 Å². The van der Waals surface area contributed by atoms with Gasteiger partial charge in [-0.25, -0.2) is 4.39 Å². The standard InChI is InChI=1S/C11H12ClFO2/c1-7-3-8(5-11(14)15-2)10(13)4-9(7)6-12/h3-4H,5-6H2,1-2H3. The number of hydrogen-bond donors (Lipinski definition) is 0. The molecule has 82 valence electrons. The third-order valence-corrected chi connectivity index (χ3v) is 2.50. The van der Waals surface area contributed by atoms with Crippen LogP contribution in [0.5, 0.6) is 0 Å². The minimum Gasteiger partial charge on any atom is -0.469 e. The number of methoxy groups -OCH3 is 1. The van der Waals surface area contributed by atoms with Gasteiger partial charge in [0.1, 0.15) is 5.82 Å². The second-order valence-corrected chi connectivity index (χ2v) is 3.52. The molecule has 0 aliphatic rings. The molecular formula is C11H12ClFO2. The predicted molar refractivity (Wildman–Crippen MR) is 56.4 cm³/mol. The van der Waals surface area contributed by atoms with E-state index in [1.165, 1.54) is 13.2 Å². The van der Waals surface area contributed by atoms with Gasteiger partial charge in [0.05, 0.1) is 13.5 Å². The smallest absolute Gasteiger partial charge is 0.310 e. The number of hydrogen-bond acceptors (Lipinski definition) is 2. The fourth-order valence-electron chi connectivity index (χ4n) is 1.29. The zero-order valence-electron chi connectivity index (χ0n) is 8.64. The number of aryl methyl sites for hydroxylation is 1. The normalized spacial score (nSPS) is 10.1. The maximum absolute atomic E-state index is 13.4. The summed E-state index contributed by atoms with van der Waals surface area (Å²) in [5, 5.41) is 0. The summed E-state index contributed by atoms with van der Waals surface area (Å²) in [6, 6.07) is 2.99. The Morgan fingerprint density at radius 3 is 2.67 bits per heavy atom. The van der Waals surface area contributed by atoms with E-state index >= 15 is 0 Å². The number of halogens is 2. The van der Waals surface area contributed by atoms with Crippen LogP contribution >= 0.6 is 11.6 Å². The first kappa shape index (κ1) is 12.0. The first-order valence-electron chi connectivity index (χ1n) is 4.49. The van der Waals surface area contributed by atoms with Gasteiger partial charge in [-0.1, -0.05) is 6.07 Å². The first-order valence-corrected chi connectivity index (χ1v) is 5.02. The maximum Gasteiger partial charge on any atom is 0.310 e. The summed E-state index contributed by atoms with van der Waals surface area (Å²) in [6.45, 7) is 1.83. The van der Waals surface area contributed by atoms with Crippen LogP contribution < -0.4 is 0 Å². The van der Waals surface area contributed by atoms with Crippen molar-refractivity contribution >= 4 is 17.6 Å². The molecule has 0 radical (unpaired) electrons. The number of ether oxygens (including phenoxy) is 1. The van der Waals surface area contributed by atoms with Gasteiger partial charge in [-0.05, 0) is 29.7 Å². The van der Waals surface area contributed by atoms with E-state index in [4.69, 9.17) is 11.6 Å². The number of carbonyl (C=O) groups is 1. The van der Waals surface area contributed by atoms with Gasteiger partial charge in [0, 0.05) is 5.88 Å². The highest BCUT2D eigenvalue weighted by Crippen LogP contribution is 2.17. The summed E-state index contributed by atoms with van der Waals surface area (Å²) in [7, 11) is 1.28. The SMILES string of the molecule is COC(=O)Cc1cc(C)c(CCl)cc1F. The highest BCUT2D eigenvalue weighted by molar-refractivity contribution is 6.17. The lowest BCUT2D eigenvalue weighted by Gasteiger charge is -2.07.